The molecule has 0 heterocycles. The van der Waals surface area contributed by atoms with Crippen molar-refractivity contribution in [3.8, 4) is 12.3 Å². The minimum Gasteiger partial charge on any atom is -0.322 e. The Balaban J connectivity index is 2.70. The highest BCUT2D eigenvalue weighted by Crippen LogP contribution is 2.15. The highest BCUT2D eigenvalue weighted by atomic mass is 16.2. The third kappa shape index (κ3) is 3.53. The minimum atomic E-state index is -0.562. The van der Waals surface area contributed by atoms with Gasteiger partial charge < -0.3 is 10.6 Å². The van der Waals surface area contributed by atoms with E-state index in [1.54, 1.807) is 0 Å². The summed E-state index contributed by atoms with van der Waals surface area (Å²) in [6, 6.07) is 7.38. The summed E-state index contributed by atoms with van der Waals surface area (Å²) >= 11 is 0. The van der Waals surface area contributed by atoms with Gasteiger partial charge in [-0.05, 0) is 37.5 Å². The second kappa shape index (κ2) is 6.11. The van der Waals surface area contributed by atoms with Crippen LogP contribution in [0.4, 0.5) is 10.5 Å². The molecule has 3 heteroatoms. The average Bonchev–Trinajstić information content (AvgIpc) is 2.36. The predicted molar refractivity (Wildman–Crippen MR) is 75.5 cm³/mol. The number of amides is 2. The first-order chi connectivity index (χ1) is 8.55. The van der Waals surface area contributed by atoms with E-state index in [-0.39, 0.29) is 6.03 Å². The van der Waals surface area contributed by atoms with Crippen LogP contribution in [-0.2, 0) is 0 Å². The number of benzene rings is 1. The monoisotopic (exact) mass is 244 g/mol. The lowest BCUT2D eigenvalue weighted by molar-refractivity contribution is 0.242. The van der Waals surface area contributed by atoms with Gasteiger partial charge in [-0.3, -0.25) is 0 Å². The average molecular weight is 244 g/mol. The van der Waals surface area contributed by atoms with Gasteiger partial charge in [0.05, 0.1) is 0 Å². The number of aryl methyl sites for hydroxylation is 1. The van der Waals surface area contributed by atoms with Gasteiger partial charge in [-0.1, -0.05) is 31.9 Å². The normalized spacial score (nSPS) is 10.6. The molecule has 0 saturated heterocycles. The quantitative estimate of drug-likeness (QED) is 0.784. The van der Waals surface area contributed by atoms with E-state index in [1.807, 2.05) is 45.0 Å². The molecular formula is C15H20N2O. The van der Waals surface area contributed by atoms with E-state index >= 15 is 0 Å². The third-order valence-corrected chi connectivity index (χ3v) is 3.11. The van der Waals surface area contributed by atoms with E-state index in [0.717, 1.165) is 11.3 Å². The van der Waals surface area contributed by atoms with Gasteiger partial charge in [0.1, 0.15) is 5.54 Å². The molecule has 0 aliphatic rings. The second-order valence-electron chi connectivity index (χ2n) is 4.38. The van der Waals surface area contributed by atoms with E-state index in [0.29, 0.717) is 12.8 Å². The topological polar surface area (TPSA) is 41.1 Å². The lowest BCUT2D eigenvalue weighted by atomic mass is 9.94. The summed E-state index contributed by atoms with van der Waals surface area (Å²) in [6.45, 7) is 5.92. The highest BCUT2D eigenvalue weighted by molar-refractivity contribution is 5.90. The molecule has 1 rings (SSSR count). The Hall–Kier alpha value is -1.95. The smallest absolute Gasteiger partial charge is 0.320 e. The van der Waals surface area contributed by atoms with Gasteiger partial charge in [0, 0.05) is 5.69 Å². The summed E-state index contributed by atoms with van der Waals surface area (Å²) in [7, 11) is 0. The first-order valence-electron chi connectivity index (χ1n) is 6.19. The second-order valence-corrected chi connectivity index (χ2v) is 4.38. The number of urea groups is 1. The molecule has 0 aliphatic carbocycles. The van der Waals surface area contributed by atoms with Crippen molar-refractivity contribution in [1.29, 1.82) is 0 Å². The Labute approximate surface area is 109 Å². The van der Waals surface area contributed by atoms with Gasteiger partial charge in [0.2, 0.25) is 0 Å². The minimum absolute atomic E-state index is 0.262. The van der Waals surface area contributed by atoms with Crippen LogP contribution in [0.3, 0.4) is 0 Å². The van der Waals surface area contributed by atoms with Crippen molar-refractivity contribution in [2.24, 2.45) is 0 Å². The van der Waals surface area contributed by atoms with E-state index in [1.165, 1.54) is 0 Å². The largest absolute Gasteiger partial charge is 0.322 e. The van der Waals surface area contributed by atoms with Crippen LogP contribution in [-0.4, -0.2) is 11.6 Å². The number of rotatable bonds is 4. The van der Waals surface area contributed by atoms with Crippen LogP contribution in [0, 0.1) is 19.3 Å². The van der Waals surface area contributed by atoms with Crippen molar-refractivity contribution in [2.75, 3.05) is 5.32 Å². The third-order valence-electron chi connectivity index (χ3n) is 3.11. The molecule has 0 saturated carbocycles. The summed E-state index contributed by atoms with van der Waals surface area (Å²) in [5.41, 5.74) is 1.31. The molecule has 0 radical (unpaired) electrons. The summed E-state index contributed by atoms with van der Waals surface area (Å²) in [5, 5.41) is 5.66. The molecule has 96 valence electrons. The van der Waals surface area contributed by atoms with Gasteiger partial charge >= 0.3 is 6.03 Å². The van der Waals surface area contributed by atoms with Crippen LogP contribution >= 0.6 is 0 Å². The lowest BCUT2D eigenvalue weighted by Crippen LogP contribution is -2.48. The Bertz CT molecular complexity index is 456. The maximum Gasteiger partial charge on any atom is 0.320 e. The van der Waals surface area contributed by atoms with Crippen LogP contribution in [0.1, 0.15) is 32.3 Å². The molecule has 18 heavy (non-hydrogen) atoms. The summed E-state index contributed by atoms with van der Waals surface area (Å²) < 4.78 is 0. The molecule has 1 aromatic rings. The maximum atomic E-state index is 11.9. The first-order valence-corrected chi connectivity index (χ1v) is 6.19. The van der Waals surface area contributed by atoms with Gasteiger partial charge in [0.25, 0.3) is 0 Å². The van der Waals surface area contributed by atoms with Crippen molar-refractivity contribution in [1.82, 2.24) is 5.32 Å². The summed E-state index contributed by atoms with van der Waals surface area (Å²) in [5.74, 6) is 2.67. The molecule has 0 spiro atoms. The van der Waals surface area contributed by atoms with Crippen LogP contribution in [0.25, 0.3) is 0 Å². The zero-order chi connectivity index (χ0) is 13.6. The zero-order valence-corrected chi connectivity index (χ0v) is 11.2. The van der Waals surface area contributed by atoms with Gasteiger partial charge in [0.15, 0.2) is 0 Å². The number of hydrogen-bond donors (Lipinski definition) is 2. The predicted octanol–water partition coefficient (Wildman–Crippen LogP) is 3.31. The SMILES string of the molecule is C#CC(CC)(CC)NC(=O)Nc1cccc(C)c1. The molecule has 0 bridgehead atoms. The van der Waals surface area contributed by atoms with Gasteiger partial charge in [-0.2, -0.15) is 0 Å². The van der Waals surface area contributed by atoms with Crippen LogP contribution < -0.4 is 10.6 Å². The molecule has 0 unspecified atom stereocenters. The molecule has 3 nitrogen and oxygen atoms in total. The van der Waals surface area contributed by atoms with E-state index < -0.39 is 5.54 Å². The number of carbonyl (C=O) groups excluding carboxylic acids is 1. The Kier molecular flexibility index (Phi) is 4.79. The number of hydrogen-bond acceptors (Lipinski definition) is 1. The van der Waals surface area contributed by atoms with Crippen molar-refractivity contribution in [3.05, 3.63) is 29.8 Å². The van der Waals surface area contributed by atoms with Gasteiger partial charge in [-0.15, -0.1) is 6.42 Å². The first kappa shape index (κ1) is 14.1. The van der Waals surface area contributed by atoms with Crippen LogP contribution in [0.5, 0.6) is 0 Å². The van der Waals surface area contributed by atoms with Crippen molar-refractivity contribution in [2.45, 2.75) is 39.2 Å². The van der Waals surface area contributed by atoms with Crippen molar-refractivity contribution >= 4 is 11.7 Å². The van der Waals surface area contributed by atoms with E-state index in [9.17, 15) is 4.79 Å². The van der Waals surface area contributed by atoms with E-state index in [2.05, 4.69) is 16.6 Å². The molecule has 2 N–H and O–H groups in total. The molecule has 0 atom stereocenters. The van der Waals surface area contributed by atoms with Crippen LogP contribution in [0.2, 0.25) is 0 Å². The Morgan fingerprint density at radius 1 is 1.39 bits per heavy atom. The fourth-order valence-corrected chi connectivity index (χ4v) is 1.77. The van der Waals surface area contributed by atoms with Crippen LogP contribution in [0.15, 0.2) is 24.3 Å². The number of anilines is 1. The Morgan fingerprint density at radius 3 is 2.56 bits per heavy atom. The molecule has 2 amide bonds. The maximum absolute atomic E-state index is 11.9. The zero-order valence-electron chi connectivity index (χ0n) is 11.2. The molecule has 0 fully saturated rings. The van der Waals surface area contributed by atoms with Gasteiger partial charge in [-0.25, -0.2) is 4.79 Å². The fraction of sp³-hybridized carbons (Fsp3) is 0.400. The molecule has 1 aromatic carbocycles. The molecule has 0 aliphatic heterocycles. The highest BCUT2D eigenvalue weighted by Gasteiger charge is 2.25. The van der Waals surface area contributed by atoms with Crippen molar-refractivity contribution < 1.29 is 4.79 Å². The summed E-state index contributed by atoms with van der Waals surface area (Å²) in [4.78, 5) is 11.9. The molecule has 0 aromatic heterocycles. The fourth-order valence-electron chi connectivity index (χ4n) is 1.77. The molecular weight excluding hydrogens is 224 g/mol. The standard InChI is InChI=1S/C15H20N2O/c1-5-15(6-2,7-3)17-14(18)16-13-10-8-9-12(4)11-13/h1,8-11H,6-7H2,2-4H3,(H2,16,17,18). The summed E-state index contributed by atoms with van der Waals surface area (Å²) in [6.07, 6.45) is 6.92. The number of terminal acetylenes is 1. The van der Waals surface area contributed by atoms with E-state index in [4.69, 9.17) is 6.42 Å². The van der Waals surface area contributed by atoms with Crippen molar-refractivity contribution in [3.63, 3.8) is 0 Å². The Morgan fingerprint density at radius 2 is 2.06 bits per heavy atom. The number of nitrogens with one attached hydrogen (secondary N) is 2. The lowest BCUT2D eigenvalue weighted by Gasteiger charge is -2.27. The number of carbonyl (C=O) groups is 1.